The highest BCUT2D eigenvalue weighted by Crippen LogP contribution is 2.17. The molecule has 0 fully saturated rings. The van der Waals surface area contributed by atoms with E-state index in [4.69, 9.17) is 4.74 Å². The Labute approximate surface area is 138 Å². The van der Waals surface area contributed by atoms with E-state index in [1.807, 2.05) is 17.5 Å². The summed E-state index contributed by atoms with van der Waals surface area (Å²) in [5, 5.41) is 17.0. The average Bonchev–Trinajstić information content (AvgIpc) is 3.05. The smallest absolute Gasteiger partial charge is 0.315 e. The summed E-state index contributed by atoms with van der Waals surface area (Å²) in [6.07, 6.45) is -0.723. The molecule has 2 amide bonds. The molecule has 0 spiro atoms. The van der Waals surface area contributed by atoms with Gasteiger partial charge in [-0.25, -0.2) is 9.18 Å². The molecule has 5 nitrogen and oxygen atoms in total. The second-order valence-electron chi connectivity index (χ2n) is 5.06. The first-order valence-electron chi connectivity index (χ1n) is 7.19. The van der Waals surface area contributed by atoms with E-state index in [0.717, 1.165) is 4.88 Å². The molecule has 124 valence electrons. The molecule has 1 heterocycles. The molecule has 7 heteroatoms. The van der Waals surface area contributed by atoms with Crippen molar-refractivity contribution in [1.29, 1.82) is 0 Å². The number of thiophene rings is 1. The van der Waals surface area contributed by atoms with Crippen LogP contribution in [0.3, 0.4) is 0 Å². The topological polar surface area (TPSA) is 70.6 Å². The van der Waals surface area contributed by atoms with E-state index in [1.165, 1.54) is 23.5 Å². The van der Waals surface area contributed by atoms with Crippen LogP contribution in [-0.4, -0.2) is 30.3 Å². The lowest BCUT2D eigenvalue weighted by molar-refractivity contribution is 0.174. The van der Waals surface area contributed by atoms with Crippen LogP contribution in [0.25, 0.3) is 0 Å². The van der Waals surface area contributed by atoms with Crippen LogP contribution >= 0.6 is 11.3 Å². The molecule has 1 aromatic carbocycles. The van der Waals surface area contributed by atoms with Crippen LogP contribution in [0.15, 0.2) is 41.8 Å². The number of halogens is 1. The highest BCUT2D eigenvalue weighted by molar-refractivity contribution is 7.10. The molecule has 23 heavy (non-hydrogen) atoms. The number of urea groups is 1. The summed E-state index contributed by atoms with van der Waals surface area (Å²) in [5.74, 6) is 0.0376. The van der Waals surface area contributed by atoms with Gasteiger partial charge in [-0.15, -0.1) is 11.3 Å². The maximum Gasteiger partial charge on any atom is 0.315 e. The van der Waals surface area contributed by atoms with Gasteiger partial charge in [-0.3, -0.25) is 0 Å². The van der Waals surface area contributed by atoms with Crippen LogP contribution in [0.1, 0.15) is 17.9 Å². The van der Waals surface area contributed by atoms with E-state index in [0.29, 0.717) is 5.75 Å². The number of benzene rings is 1. The van der Waals surface area contributed by atoms with Crippen LogP contribution in [-0.2, 0) is 0 Å². The maximum absolute atomic E-state index is 13.0. The number of carbonyl (C=O) groups is 1. The van der Waals surface area contributed by atoms with Crippen molar-refractivity contribution in [3.63, 3.8) is 0 Å². The van der Waals surface area contributed by atoms with Crippen LogP contribution in [0, 0.1) is 5.82 Å². The summed E-state index contributed by atoms with van der Waals surface area (Å²) < 4.78 is 18.4. The Hall–Kier alpha value is -2.12. The Morgan fingerprint density at radius 2 is 2.22 bits per heavy atom. The number of nitrogens with one attached hydrogen (secondary N) is 2. The third-order valence-electron chi connectivity index (χ3n) is 3.00. The number of aliphatic hydroxyl groups is 1. The van der Waals surface area contributed by atoms with Gasteiger partial charge in [0.05, 0.1) is 12.6 Å². The van der Waals surface area contributed by atoms with E-state index < -0.39 is 12.1 Å². The number of aliphatic hydroxyl groups excluding tert-OH is 1. The number of amides is 2. The minimum Gasteiger partial charge on any atom is -0.491 e. The summed E-state index contributed by atoms with van der Waals surface area (Å²) in [6, 6.07) is 8.81. The predicted molar refractivity (Wildman–Crippen MR) is 87.2 cm³/mol. The standard InChI is InChI=1S/C16H19FN2O3S/c1-11(10-22-13-5-2-4-12(17)8-13)19-16(21)18-9-14(20)15-6-3-7-23-15/h2-8,11,14,20H,9-10H2,1H3,(H2,18,19,21)/t11-,14+/m1/s1. The highest BCUT2D eigenvalue weighted by Gasteiger charge is 2.12. The minimum absolute atomic E-state index is 0.129. The summed E-state index contributed by atoms with van der Waals surface area (Å²) >= 11 is 1.43. The molecule has 0 saturated heterocycles. The van der Waals surface area contributed by atoms with Gasteiger partial charge in [-0.2, -0.15) is 0 Å². The average molecular weight is 338 g/mol. The monoisotopic (exact) mass is 338 g/mol. The van der Waals surface area contributed by atoms with Gasteiger partial charge in [-0.05, 0) is 30.5 Å². The summed E-state index contributed by atoms with van der Waals surface area (Å²) in [4.78, 5) is 12.5. The SMILES string of the molecule is C[C@H](COc1cccc(F)c1)NC(=O)NC[C@H](O)c1cccs1. The van der Waals surface area contributed by atoms with Gasteiger partial charge in [0.1, 0.15) is 24.3 Å². The molecule has 0 unspecified atom stereocenters. The van der Waals surface area contributed by atoms with Crippen molar-refractivity contribution < 1.29 is 19.0 Å². The zero-order valence-electron chi connectivity index (χ0n) is 12.7. The summed E-state index contributed by atoms with van der Waals surface area (Å²) in [7, 11) is 0. The molecule has 0 bridgehead atoms. The van der Waals surface area contributed by atoms with Crippen LogP contribution in [0.2, 0.25) is 0 Å². The van der Waals surface area contributed by atoms with Crippen molar-refractivity contribution in [1.82, 2.24) is 10.6 Å². The summed E-state index contributed by atoms with van der Waals surface area (Å²) in [5.41, 5.74) is 0. The summed E-state index contributed by atoms with van der Waals surface area (Å²) in [6.45, 7) is 2.11. The lowest BCUT2D eigenvalue weighted by Crippen LogP contribution is -2.44. The van der Waals surface area contributed by atoms with E-state index in [9.17, 15) is 14.3 Å². The molecular formula is C16H19FN2O3S. The van der Waals surface area contributed by atoms with Gasteiger partial charge >= 0.3 is 6.03 Å². The number of rotatable bonds is 7. The second-order valence-corrected chi connectivity index (χ2v) is 6.03. The number of hydrogen-bond donors (Lipinski definition) is 3. The third-order valence-corrected chi connectivity index (χ3v) is 3.97. The van der Waals surface area contributed by atoms with Crippen LogP contribution in [0.4, 0.5) is 9.18 Å². The van der Waals surface area contributed by atoms with Crippen molar-refractivity contribution in [2.24, 2.45) is 0 Å². The Bertz CT molecular complexity index is 622. The third kappa shape index (κ3) is 5.88. The molecule has 0 aliphatic carbocycles. The quantitative estimate of drug-likeness (QED) is 0.727. The normalized spacial score (nSPS) is 13.2. The molecule has 3 N–H and O–H groups in total. The van der Waals surface area contributed by atoms with Crippen molar-refractivity contribution in [3.8, 4) is 5.75 Å². The number of ether oxygens (including phenoxy) is 1. The van der Waals surface area contributed by atoms with Crippen LogP contribution in [0.5, 0.6) is 5.75 Å². The predicted octanol–water partition coefficient (Wildman–Crippen LogP) is 2.69. The zero-order valence-corrected chi connectivity index (χ0v) is 13.5. The van der Waals surface area contributed by atoms with Crippen molar-refractivity contribution in [2.45, 2.75) is 19.1 Å². The lowest BCUT2D eigenvalue weighted by Gasteiger charge is -2.16. The Morgan fingerprint density at radius 1 is 1.39 bits per heavy atom. The highest BCUT2D eigenvalue weighted by atomic mass is 32.1. The first-order valence-corrected chi connectivity index (χ1v) is 8.07. The van der Waals surface area contributed by atoms with Crippen molar-refractivity contribution >= 4 is 17.4 Å². The Kier molecular flexibility index (Phi) is 6.37. The largest absolute Gasteiger partial charge is 0.491 e. The second kappa shape index (κ2) is 8.50. The fourth-order valence-corrected chi connectivity index (χ4v) is 2.58. The Morgan fingerprint density at radius 3 is 2.91 bits per heavy atom. The van der Waals surface area contributed by atoms with Gasteiger partial charge in [-0.1, -0.05) is 12.1 Å². The minimum atomic E-state index is -0.723. The number of carbonyl (C=O) groups excluding carboxylic acids is 1. The lowest BCUT2D eigenvalue weighted by atomic mass is 10.3. The molecule has 2 rings (SSSR count). The van der Waals surface area contributed by atoms with Gasteiger partial charge in [0.2, 0.25) is 0 Å². The molecule has 2 aromatic rings. The fourth-order valence-electron chi connectivity index (χ4n) is 1.87. The van der Waals surface area contributed by atoms with E-state index in [2.05, 4.69) is 10.6 Å². The van der Waals surface area contributed by atoms with Gasteiger partial charge < -0.3 is 20.5 Å². The van der Waals surface area contributed by atoms with E-state index in [1.54, 1.807) is 19.1 Å². The molecular weight excluding hydrogens is 319 g/mol. The van der Waals surface area contributed by atoms with Gasteiger partial charge in [0.15, 0.2) is 0 Å². The maximum atomic E-state index is 13.0. The fraction of sp³-hybridized carbons (Fsp3) is 0.312. The van der Waals surface area contributed by atoms with Crippen molar-refractivity contribution in [2.75, 3.05) is 13.2 Å². The van der Waals surface area contributed by atoms with Crippen molar-refractivity contribution in [3.05, 3.63) is 52.5 Å². The van der Waals surface area contributed by atoms with Crippen LogP contribution < -0.4 is 15.4 Å². The molecule has 2 atom stereocenters. The molecule has 1 aromatic heterocycles. The van der Waals surface area contributed by atoms with E-state index in [-0.39, 0.29) is 25.0 Å². The first kappa shape index (κ1) is 17.2. The molecule has 0 saturated carbocycles. The van der Waals surface area contributed by atoms with Gasteiger partial charge in [0, 0.05) is 10.9 Å². The first-order chi connectivity index (χ1) is 11.0. The molecule has 0 aliphatic rings. The molecule has 0 aliphatic heterocycles. The Balaban J connectivity index is 1.68. The zero-order chi connectivity index (χ0) is 16.7. The van der Waals surface area contributed by atoms with E-state index >= 15 is 0 Å². The molecule has 0 radical (unpaired) electrons. The number of hydrogen-bond acceptors (Lipinski definition) is 4. The van der Waals surface area contributed by atoms with Gasteiger partial charge in [0.25, 0.3) is 0 Å².